The van der Waals surface area contributed by atoms with Gasteiger partial charge >= 0.3 is 0 Å². The monoisotopic (exact) mass is 275 g/mol. The van der Waals surface area contributed by atoms with Crippen molar-refractivity contribution < 1.29 is 4.79 Å². The topological polar surface area (TPSA) is 38.1 Å². The molecule has 5 heteroatoms. The van der Waals surface area contributed by atoms with E-state index < -0.39 is 0 Å². The first kappa shape index (κ1) is 12.2. The molecule has 0 fully saturated rings. The average Bonchev–Trinajstić information content (AvgIpc) is 2.95. The van der Waals surface area contributed by atoms with Gasteiger partial charge in [-0.2, -0.15) is 5.10 Å². The van der Waals surface area contributed by atoms with Gasteiger partial charge in [-0.1, -0.05) is 29.8 Å². The van der Waals surface area contributed by atoms with Gasteiger partial charge in [-0.15, -0.1) is 0 Å². The summed E-state index contributed by atoms with van der Waals surface area (Å²) in [4.78, 5) is 14.3. The molecule has 1 aromatic carbocycles. The maximum absolute atomic E-state index is 12.6. The Labute approximate surface area is 116 Å². The lowest BCUT2D eigenvalue weighted by molar-refractivity contribution is 0.0984. The van der Waals surface area contributed by atoms with E-state index in [1.807, 2.05) is 31.2 Å². The Bertz CT molecular complexity index is 663. The predicted octanol–water partition coefficient (Wildman–Crippen LogP) is 2.58. The Hall–Kier alpha value is -1.81. The second-order valence-electron chi connectivity index (χ2n) is 4.71. The van der Waals surface area contributed by atoms with Gasteiger partial charge in [-0.05, 0) is 25.0 Å². The van der Waals surface area contributed by atoms with Crippen LogP contribution in [-0.4, -0.2) is 22.2 Å². The van der Waals surface area contributed by atoms with E-state index in [2.05, 4.69) is 5.10 Å². The van der Waals surface area contributed by atoms with Crippen LogP contribution in [0.1, 0.15) is 21.7 Å². The van der Waals surface area contributed by atoms with Crippen LogP contribution in [0, 0.1) is 6.92 Å². The van der Waals surface area contributed by atoms with Crippen LogP contribution in [0.15, 0.2) is 24.3 Å². The number of hydrogen-bond donors (Lipinski definition) is 0. The zero-order valence-corrected chi connectivity index (χ0v) is 11.6. The van der Waals surface area contributed by atoms with E-state index >= 15 is 0 Å². The minimum absolute atomic E-state index is 0.126. The molecule has 19 heavy (non-hydrogen) atoms. The minimum atomic E-state index is -0.126. The maximum Gasteiger partial charge on any atom is 0.280 e. The van der Waals surface area contributed by atoms with Crippen LogP contribution in [0.25, 0.3) is 0 Å². The lowest BCUT2D eigenvalue weighted by Crippen LogP contribution is -2.29. The third-order valence-corrected chi connectivity index (χ3v) is 4.05. The van der Waals surface area contributed by atoms with Crippen molar-refractivity contribution in [3.8, 4) is 0 Å². The fourth-order valence-electron chi connectivity index (χ4n) is 2.40. The molecule has 0 spiro atoms. The number of carbonyl (C=O) groups is 1. The highest BCUT2D eigenvalue weighted by molar-refractivity contribution is 6.34. The molecule has 0 bridgehead atoms. The number of aryl methyl sites for hydroxylation is 1. The third-order valence-electron chi connectivity index (χ3n) is 3.60. The van der Waals surface area contributed by atoms with Crippen LogP contribution in [0.4, 0.5) is 5.69 Å². The molecule has 3 rings (SSSR count). The van der Waals surface area contributed by atoms with Crippen molar-refractivity contribution >= 4 is 23.2 Å². The molecule has 0 radical (unpaired) electrons. The lowest BCUT2D eigenvalue weighted by atomic mass is 10.2. The highest BCUT2D eigenvalue weighted by atomic mass is 35.5. The minimum Gasteiger partial charge on any atom is -0.306 e. The van der Waals surface area contributed by atoms with Crippen molar-refractivity contribution in [2.24, 2.45) is 7.05 Å². The third kappa shape index (κ3) is 1.83. The standard InChI is InChI=1S/C14H14ClN3O/c1-9-12(15)13(16-17(9)2)14(19)18-8-7-10-5-3-4-6-11(10)18/h3-6H,7-8H2,1-2H3. The van der Waals surface area contributed by atoms with Crippen LogP contribution in [0.3, 0.4) is 0 Å². The first-order valence-electron chi connectivity index (χ1n) is 6.18. The van der Waals surface area contributed by atoms with Gasteiger partial charge in [0.25, 0.3) is 5.91 Å². The fraction of sp³-hybridized carbons (Fsp3) is 0.286. The highest BCUT2D eigenvalue weighted by Crippen LogP contribution is 2.30. The number of hydrogen-bond acceptors (Lipinski definition) is 2. The quantitative estimate of drug-likeness (QED) is 0.802. The molecule has 2 aromatic rings. The van der Waals surface area contributed by atoms with Gasteiger partial charge in [0.15, 0.2) is 5.69 Å². The SMILES string of the molecule is Cc1c(Cl)c(C(=O)N2CCc3ccccc32)nn1C. The number of fused-ring (bicyclic) bond motifs is 1. The van der Waals surface area contributed by atoms with Gasteiger partial charge in [-0.3, -0.25) is 9.48 Å². The van der Waals surface area contributed by atoms with E-state index in [9.17, 15) is 4.79 Å². The molecule has 4 nitrogen and oxygen atoms in total. The second-order valence-corrected chi connectivity index (χ2v) is 5.09. The van der Waals surface area contributed by atoms with E-state index in [-0.39, 0.29) is 5.91 Å². The molecule has 0 saturated carbocycles. The Morgan fingerprint density at radius 1 is 1.37 bits per heavy atom. The largest absolute Gasteiger partial charge is 0.306 e. The predicted molar refractivity (Wildman–Crippen MR) is 74.8 cm³/mol. The molecule has 1 aliphatic rings. The molecular weight excluding hydrogens is 262 g/mol. The molecule has 98 valence electrons. The fourth-order valence-corrected chi connectivity index (χ4v) is 2.64. The summed E-state index contributed by atoms with van der Waals surface area (Å²) in [6, 6.07) is 7.94. The van der Waals surface area contributed by atoms with E-state index in [1.165, 1.54) is 5.56 Å². The molecule has 1 aromatic heterocycles. The summed E-state index contributed by atoms with van der Waals surface area (Å²) in [7, 11) is 1.79. The molecule has 2 heterocycles. The van der Waals surface area contributed by atoms with E-state index in [1.54, 1.807) is 16.6 Å². The van der Waals surface area contributed by atoms with Crippen molar-refractivity contribution in [1.29, 1.82) is 0 Å². The highest BCUT2D eigenvalue weighted by Gasteiger charge is 2.29. The molecular formula is C14H14ClN3O. The Morgan fingerprint density at radius 2 is 2.11 bits per heavy atom. The number of amides is 1. The first-order valence-corrected chi connectivity index (χ1v) is 6.56. The van der Waals surface area contributed by atoms with Crippen molar-refractivity contribution in [2.45, 2.75) is 13.3 Å². The summed E-state index contributed by atoms with van der Waals surface area (Å²) in [5, 5.41) is 4.66. The van der Waals surface area contributed by atoms with Crippen molar-refractivity contribution in [3.63, 3.8) is 0 Å². The number of carbonyl (C=O) groups excluding carboxylic acids is 1. The van der Waals surface area contributed by atoms with Gasteiger partial charge in [0.1, 0.15) is 0 Å². The van der Waals surface area contributed by atoms with E-state index in [0.29, 0.717) is 17.3 Å². The maximum atomic E-state index is 12.6. The van der Waals surface area contributed by atoms with Gasteiger partial charge in [-0.25, -0.2) is 0 Å². The summed E-state index contributed by atoms with van der Waals surface area (Å²) >= 11 is 6.18. The van der Waals surface area contributed by atoms with Gasteiger partial charge < -0.3 is 4.90 Å². The number of halogens is 1. The molecule has 0 atom stereocenters. The van der Waals surface area contributed by atoms with Crippen LogP contribution < -0.4 is 4.90 Å². The van der Waals surface area contributed by atoms with E-state index in [0.717, 1.165) is 17.8 Å². The number of aromatic nitrogens is 2. The molecule has 1 amide bonds. The Balaban J connectivity index is 2.00. The summed E-state index contributed by atoms with van der Waals surface area (Å²) in [5.41, 5.74) is 3.29. The number of benzene rings is 1. The first-order chi connectivity index (χ1) is 9.09. The summed E-state index contributed by atoms with van der Waals surface area (Å²) in [6.07, 6.45) is 0.880. The molecule has 0 unspecified atom stereocenters. The second kappa shape index (κ2) is 4.38. The summed E-state index contributed by atoms with van der Waals surface area (Å²) in [6.45, 7) is 2.54. The van der Waals surface area contributed by atoms with Crippen LogP contribution >= 0.6 is 11.6 Å². The zero-order chi connectivity index (χ0) is 13.6. The molecule has 0 saturated heterocycles. The number of nitrogens with zero attached hydrogens (tertiary/aromatic N) is 3. The van der Waals surface area contributed by atoms with Gasteiger partial charge in [0.2, 0.25) is 0 Å². The van der Waals surface area contributed by atoms with Gasteiger partial charge in [0.05, 0.1) is 10.7 Å². The van der Waals surface area contributed by atoms with Crippen molar-refractivity contribution in [2.75, 3.05) is 11.4 Å². The molecule has 1 aliphatic heterocycles. The molecule has 0 N–H and O–H groups in total. The van der Waals surface area contributed by atoms with Crippen LogP contribution in [0.2, 0.25) is 5.02 Å². The Kier molecular flexibility index (Phi) is 2.82. The van der Waals surface area contributed by atoms with Crippen LogP contribution in [-0.2, 0) is 13.5 Å². The average molecular weight is 276 g/mol. The smallest absolute Gasteiger partial charge is 0.280 e. The zero-order valence-electron chi connectivity index (χ0n) is 10.9. The number of anilines is 1. The van der Waals surface area contributed by atoms with Gasteiger partial charge in [0, 0.05) is 19.3 Å². The number of para-hydroxylation sites is 1. The summed E-state index contributed by atoms with van der Waals surface area (Å²) in [5.74, 6) is -0.126. The van der Waals surface area contributed by atoms with Crippen molar-refractivity contribution in [3.05, 3.63) is 46.2 Å². The normalized spacial score (nSPS) is 13.7. The van der Waals surface area contributed by atoms with Crippen molar-refractivity contribution in [1.82, 2.24) is 9.78 Å². The lowest BCUT2D eigenvalue weighted by Gasteiger charge is -2.15. The number of rotatable bonds is 1. The van der Waals surface area contributed by atoms with Crippen LogP contribution in [0.5, 0.6) is 0 Å². The summed E-state index contributed by atoms with van der Waals surface area (Å²) < 4.78 is 1.64. The van der Waals surface area contributed by atoms with E-state index in [4.69, 9.17) is 11.6 Å². The molecule has 0 aliphatic carbocycles. The Morgan fingerprint density at radius 3 is 2.79 bits per heavy atom.